The first-order valence-electron chi connectivity index (χ1n) is 7.78. The molecule has 21 heavy (non-hydrogen) atoms. The SMILES string of the molecule is CCc1cn2c(c1N)N(C(C)C)c1ccccc1C2(C)C. The molecule has 0 aliphatic carbocycles. The number of hydrogen-bond donors (Lipinski definition) is 1. The maximum absolute atomic E-state index is 6.48. The van der Waals surface area contributed by atoms with Crippen molar-refractivity contribution in [2.45, 2.75) is 52.6 Å². The van der Waals surface area contributed by atoms with E-state index in [1.165, 1.54) is 16.8 Å². The number of benzene rings is 1. The van der Waals surface area contributed by atoms with Crippen molar-refractivity contribution in [2.24, 2.45) is 0 Å². The number of nitrogen functional groups attached to an aromatic ring is 1. The fraction of sp³-hybridized carbons (Fsp3) is 0.444. The van der Waals surface area contributed by atoms with Crippen molar-refractivity contribution in [1.82, 2.24) is 4.57 Å². The van der Waals surface area contributed by atoms with Crippen LogP contribution in [0.15, 0.2) is 30.5 Å². The third-order valence-corrected chi connectivity index (χ3v) is 4.65. The highest BCUT2D eigenvalue weighted by atomic mass is 15.3. The van der Waals surface area contributed by atoms with Gasteiger partial charge in [0.05, 0.1) is 11.2 Å². The second-order valence-electron chi connectivity index (χ2n) is 6.66. The second-order valence-corrected chi connectivity index (χ2v) is 6.66. The molecule has 1 aliphatic rings. The number of para-hydroxylation sites is 1. The van der Waals surface area contributed by atoms with E-state index in [0.717, 1.165) is 17.9 Å². The van der Waals surface area contributed by atoms with E-state index in [-0.39, 0.29) is 5.54 Å². The first-order chi connectivity index (χ1) is 9.89. The van der Waals surface area contributed by atoms with Gasteiger partial charge in [0, 0.05) is 23.5 Å². The van der Waals surface area contributed by atoms with E-state index in [9.17, 15) is 0 Å². The Morgan fingerprint density at radius 2 is 1.86 bits per heavy atom. The third-order valence-electron chi connectivity index (χ3n) is 4.65. The average Bonchev–Trinajstić information content (AvgIpc) is 2.77. The van der Waals surface area contributed by atoms with Crippen LogP contribution in [0.25, 0.3) is 0 Å². The minimum Gasteiger partial charge on any atom is -0.396 e. The van der Waals surface area contributed by atoms with Crippen LogP contribution in [0.4, 0.5) is 17.2 Å². The summed E-state index contributed by atoms with van der Waals surface area (Å²) in [7, 11) is 0. The summed E-state index contributed by atoms with van der Waals surface area (Å²) in [5.41, 5.74) is 11.2. The van der Waals surface area contributed by atoms with Crippen LogP contribution >= 0.6 is 0 Å². The van der Waals surface area contributed by atoms with Crippen molar-refractivity contribution in [3.8, 4) is 0 Å². The lowest BCUT2D eigenvalue weighted by atomic mass is 9.89. The Morgan fingerprint density at radius 1 is 1.19 bits per heavy atom. The van der Waals surface area contributed by atoms with Crippen molar-refractivity contribution in [1.29, 1.82) is 0 Å². The molecule has 0 saturated carbocycles. The predicted molar refractivity (Wildman–Crippen MR) is 90.4 cm³/mol. The van der Waals surface area contributed by atoms with E-state index in [0.29, 0.717) is 6.04 Å². The molecule has 0 amide bonds. The minimum atomic E-state index is -0.0845. The smallest absolute Gasteiger partial charge is 0.138 e. The highest BCUT2D eigenvalue weighted by Gasteiger charge is 2.38. The van der Waals surface area contributed by atoms with Gasteiger partial charge in [-0.25, -0.2) is 0 Å². The zero-order chi connectivity index (χ0) is 15.4. The molecule has 3 heteroatoms. The largest absolute Gasteiger partial charge is 0.396 e. The highest BCUT2D eigenvalue weighted by molar-refractivity contribution is 5.80. The van der Waals surface area contributed by atoms with Gasteiger partial charge in [-0.05, 0) is 45.7 Å². The molecule has 2 aromatic rings. The molecule has 0 spiro atoms. The van der Waals surface area contributed by atoms with Crippen molar-refractivity contribution < 1.29 is 0 Å². The summed E-state index contributed by atoms with van der Waals surface area (Å²) in [6.07, 6.45) is 3.19. The summed E-state index contributed by atoms with van der Waals surface area (Å²) < 4.78 is 2.35. The van der Waals surface area contributed by atoms with Crippen LogP contribution in [0, 0.1) is 0 Å². The number of hydrogen-bond acceptors (Lipinski definition) is 2. The van der Waals surface area contributed by atoms with Gasteiger partial charge in [0.2, 0.25) is 0 Å². The van der Waals surface area contributed by atoms with E-state index < -0.39 is 0 Å². The zero-order valence-corrected chi connectivity index (χ0v) is 13.6. The molecule has 2 heterocycles. The van der Waals surface area contributed by atoms with E-state index in [4.69, 9.17) is 5.73 Å². The Kier molecular flexibility index (Phi) is 3.05. The van der Waals surface area contributed by atoms with Crippen LogP contribution in [-0.2, 0) is 12.0 Å². The molecule has 0 bridgehead atoms. The van der Waals surface area contributed by atoms with Gasteiger partial charge in [0.15, 0.2) is 0 Å². The standard InChI is InChI=1S/C18H25N3/c1-6-13-11-20-17(16(13)19)21(12(2)3)15-10-8-7-9-14(15)18(20,4)5/h7-12H,6,19H2,1-5H3. The van der Waals surface area contributed by atoms with Gasteiger partial charge in [-0.15, -0.1) is 0 Å². The van der Waals surface area contributed by atoms with Crippen molar-refractivity contribution in [3.05, 3.63) is 41.6 Å². The van der Waals surface area contributed by atoms with Crippen LogP contribution < -0.4 is 10.6 Å². The van der Waals surface area contributed by atoms with E-state index in [2.05, 4.69) is 74.5 Å². The van der Waals surface area contributed by atoms with Gasteiger partial charge in [-0.3, -0.25) is 0 Å². The first-order valence-corrected chi connectivity index (χ1v) is 7.78. The summed E-state index contributed by atoms with van der Waals surface area (Å²) >= 11 is 0. The molecule has 2 N–H and O–H groups in total. The van der Waals surface area contributed by atoms with Crippen LogP contribution in [0.2, 0.25) is 0 Å². The lowest BCUT2D eigenvalue weighted by Gasteiger charge is -2.44. The average molecular weight is 283 g/mol. The van der Waals surface area contributed by atoms with Gasteiger partial charge in [0.1, 0.15) is 5.82 Å². The van der Waals surface area contributed by atoms with Crippen molar-refractivity contribution in [3.63, 3.8) is 0 Å². The maximum atomic E-state index is 6.48. The van der Waals surface area contributed by atoms with Crippen LogP contribution in [0.5, 0.6) is 0 Å². The van der Waals surface area contributed by atoms with Crippen molar-refractivity contribution in [2.75, 3.05) is 10.6 Å². The molecule has 1 aromatic heterocycles. The number of nitrogens with two attached hydrogens (primary N) is 1. The van der Waals surface area contributed by atoms with Gasteiger partial charge in [0.25, 0.3) is 0 Å². The van der Waals surface area contributed by atoms with E-state index in [1.54, 1.807) is 0 Å². The van der Waals surface area contributed by atoms with E-state index >= 15 is 0 Å². The van der Waals surface area contributed by atoms with Crippen molar-refractivity contribution >= 4 is 17.2 Å². The molecule has 1 aromatic carbocycles. The lowest BCUT2D eigenvalue weighted by molar-refractivity contribution is 0.423. The monoisotopic (exact) mass is 283 g/mol. The lowest BCUT2D eigenvalue weighted by Crippen LogP contribution is -2.40. The molecular formula is C18H25N3. The topological polar surface area (TPSA) is 34.2 Å². The molecule has 0 fully saturated rings. The normalized spacial score (nSPS) is 16.0. The quantitative estimate of drug-likeness (QED) is 0.892. The molecule has 112 valence electrons. The molecule has 3 rings (SSSR count). The number of nitrogens with zero attached hydrogens (tertiary/aromatic N) is 2. The molecule has 1 aliphatic heterocycles. The number of fused-ring (bicyclic) bond motifs is 2. The number of rotatable bonds is 2. The maximum Gasteiger partial charge on any atom is 0.138 e. The summed E-state index contributed by atoms with van der Waals surface area (Å²) in [5, 5.41) is 0. The van der Waals surface area contributed by atoms with Crippen LogP contribution in [0.3, 0.4) is 0 Å². The number of aryl methyl sites for hydroxylation is 1. The minimum absolute atomic E-state index is 0.0845. The molecule has 3 nitrogen and oxygen atoms in total. The Labute approximate surface area is 127 Å². The number of aromatic nitrogens is 1. The molecule has 0 unspecified atom stereocenters. The fourth-order valence-electron chi connectivity index (χ4n) is 3.48. The van der Waals surface area contributed by atoms with Gasteiger partial charge in [-0.1, -0.05) is 25.1 Å². The second kappa shape index (κ2) is 4.55. The molecule has 0 radical (unpaired) electrons. The Bertz CT molecular complexity index is 680. The fourth-order valence-corrected chi connectivity index (χ4v) is 3.48. The van der Waals surface area contributed by atoms with Crippen LogP contribution in [-0.4, -0.2) is 10.6 Å². The molecule has 0 saturated heterocycles. The third kappa shape index (κ3) is 1.80. The Balaban J connectivity index is 2.36. The zero-order valence-electron chi connectivity index (χ0n) is 13.6. The first kappa shape index (κ1) is 14.1. The summed E-state index contributed by atoms with van der Waals surface area (Å²) in [6.45, 7) is 11.1. The molecule has 0 atom stereocenters. The molecular weight excluding hydrogens is 258 g/mol. The van der Waals surface area contributed by atoms with Gasteiger partial charge >= 0.3 is 0 Å². The summed E-state index contributed by atoms with van der Waals surface area (Å²) in [5.74, 6) is 1.14. The Hall–Kier alpha value is -1.90. The van der Waals surface area contributed by atoms with E-state index in [1.807, 2.05) is 0 Å². The summed E-state index contributed by atoms with van der Waals surface area (Å²) in [4.78, 5) is 2.37. The van der Waals surface area contributed by atoms with Crippen LogP contribution in [0.1, 0.15) is 45.7 Å². The van der Waals surface area contributed by atoms with Gasteiger partial charge < -0.3 is 15.2 Å². The van der Waals surface area contributed by atoms with Gasteiger partial charge in [-0.2, -0.15) is 0 Å². The highest BCUT2D eigenvalue weighted by Crippen LogP contribution is 2.48. The predicted octanol–water partition coefficient (Wildman–Crippen LogP) is 4.28. The Morgan fingerprint density at radius 3 is 2.48 bits per heavy atom. The number of anilines is 3. The summed E-state index contributed by atoms with van der Waals surface area (Å²) in [6, 6.07) is 9.04.